The molecule has 1 heterocycles. The topological polar surface area (TPSA) is 93.7 Å². The van der Waals surface area contributed by atoms with Crippen LogP contribution < -0.4 is 0 Å². The van der Waals surface area contributed by atoms with Gasteiger partial charge >= 0.3 is 0 Å². The highest BCUT2D eigenvalue weighted by Crippen LogP contribution is 2.06. The normalized spacial score (nSPS) is 9.28. The van der Waals surface area contributed by atoms with Gasteiger partial charge in [-0.05, 0) is 0 Å². The molecule has 0 aliphatic heterocycles. The van der Waals surface area contributed by atoms with Crippen molar-refractivity contribution in [2.24, 2.45) is 0 Å². The van der Waals surface area contributed by atoms with E-state index < -0.39 is 0 Å². The van der Waals surface area contributed by atoms with Gasteiger partial charge in [0.15, 0.2) is 0 Å². The molecule has 0 N–H and O–H groups in total. The van der Waals surface area contributed by atoms with E-state index in [9.17, 15) is 4.79 Å². The minimum absolute atomic E-state index is 0.148. The number of rotatable bonds is 5. The first-order chi connectivity index (χ1) is 8.69. The number of carbonyl (C=O) groups excluding carboxylic acids is 1. The van der Waals surface area contributed by atoms with E-state index in [1.807, 2.05) is 12.1 Å². The predicted molar refractivity (Wildman–Crippen MR) is 63.4 cm³/mol. The van der Waals surface area contributed by atoms with Crippen LogP contribution in [0.4, 0.5) is 0 Å². The van der Waals surface area contributed by atoms with Gasteiger partial charge < -0.3 is 4.90 Å². The lowest BCUT2D eigenvalue weighted by Gasteiger charge is -2.19. The van der Waals surface area contributed by atoms with Crippen LogP contribution in [0.15, 0.2) is 12.4 Å². The summed E-state index contributed by atoms with van der Waals surface area (Å²) in [6.45, 7) is 0.530. The lowest BCUT2D eigenvalue weighted by Crippen LogP contribution is -2.33. The Morgan fingerprint density at radius 2 is 1.83 bits per heavy atom. The number of amides is 1. The minimum atomic E-state index is -0.357. The van der Waals surface area contributed by atoms with Crippen molar-refractivity contribution < 1.29 is 4.79 Å². The summed E-state index contributed by atoms with van der Waals surface area (Å²) < 4.78 is 0. The summed E-state index contributed by atoms with van der Waals surface area (Å²) in [5.41, 5.74) is 0.148. The molecule has 0 unspecified atom stereocenters. The first-order valence-corrected chi connectivity index (χ1v) is 5.57. The van der Waals surface area contributed by atoms with Crippen LogP contribution >= 0.6 is 11.6 Å². The molecular weight excluding hydrogens is 254 g/mol. The quantitative estimate of drug-likeness (QED) is 0.800. The van der Waals surface area contributed by atoms with Gasteiger partial charge in [0.2, 0.25) is 0 Å². The summed E-state index contributed by atoms with van der Waals surface area (Å²) in [5.74, 6) is -0.357. The van der Waals surface area contributed by atoms with Gasteiger partial charge in [-0.15, -0.1) is 0 Å². The zero-order valence-electron chi connectivity index (χ0n) is 9.51. The summed E-state index contributed by atoms with van der Waals surface area (Å²) in [4.78, 5) is 21.1. The number of carbonyl (C=O) groups is 1. The molecule has 0 spiro atoms. The molecule has 0 saturated heterocycles. The van der Waals surface area contributed by atoms with Gasteiger partial charge in [0.05, 0.1) is 37.4 Å². The molecule has 0 saturated carbocycles. The lowest BCUT2D eigenvalue weighted by atomic mass is 10.3. The van der Waals surface area contributed by atoms with Crippen molar-refractivity contribution in [3.63, 3.8) is 0 Å². The average molecular weight is 264 g/mol. The van der Waals surface area contributed by atoms with Crippen LogP contribution in [0.2, 0.25) is 5.15 Å². The SMILES string of the molecule is N#CCCN(CCC#N)C(=O)c1cnc(Cl)cn1. The zero-order valence-corrected chi connectivity index (χ0v) is 10.3. The van der Waals surface area contributed by atoms with Crippen LogP contribution in [0.25, 0.3) is 0 Å². The van der Waals surface area contributed by atoms with Crippen molar-refractivity contribution in [1.82, 2.24) is 14.9 Å². The molecular formula is C11H10ClN5O. The molecule has 1 aromatic heterocycles. The Kier molecular flexibility index (Phi) is 5.56. The van der Waals surface area contributed by atoms with Crippen LogP contribution in [-0.2, 0) is 0 Å². The third kappa shape index (κ3) is 4.00. The molecule has 7 heteroatoms. The zero-order chi connectivity index (χ0) is 13.4. The van der Waals surface area contributed by atoms with E-state index in [-0.39, 0.29) is 42.7 Å². The van der Waals surface area contributed by atoms with Gasteiger partial charge in [-0.25, -0.2) is 9.97 Å². The van der Waals surface area contributed by atoms with Gasteiger partial charge in [0, 0.05) is 13.1 Å². The van der Waals surface area contributed by atoms with Crippen LogP contribution in [-0.4, -0.2) is 33.9 Å². The largest absolute Gasteiger partial charge is 0.335 e. The van der Waals surface area contributed by atoms with Crippen molar-refractivity contribution in [3.8, 4) is 12.1 Å². The highest BCUT2D eigenvalue weighted by molar-refractivity contribution is 6.29. The third-order valence-electron chi connectivity index (χ3n) is 2.11. The number of nitriles is 2. The number of nitrogens with zero attached hydrogens (tertiary/aromatic N) is 5. The Balaban J connectivity index is 2.78. The van der Waals surface area contributed by atoms with Crippen molar-refractivity contribution in [2.45, 2.75) is 12.8 Å². The van der Waals surface area contributed by atoms with Crippen LogP contribution in [0.1, 0.15) is 23.3 Å². The molecule has 6 nitrogen and oxygen atoms in total. The maximum Gasteiger partial charge on any atom is 0.274 e. The molecule has 0 aliphatic carbocycles. The molecule has 1 rings (SSSR count). The lowest BCUT2D eigenvalue weighted by molar-refractivity contribution is 0.0756. The van der Waals surface area contributed by atoms with Crippen LogP contribution in [0, 0.1) is 22.7 Å². The van der Waals surface area contributed by atoms with Crippen molar-refractivity contribution in [1.29, 1.82) is 10.5 Å². The van der Waals surface area contributed by atoms with Gasteiger partial charge in [0.25, 0.3) is 5.91 Å². The molecule has 18 heavy (non-hydrogen) atoms. The predicted octanol–water partition coefficient (Wildman–Crippen LogP) is 1.40. The molecule has 1 amide bonds. The van der Waals surface area contributed by atoms with E-state index in [0.717, 1.165) is 0 Å². The van der Waals surface area contributed by atoms with Gasteiger partial charge in [-0.2, -0.15) is 10.5 Å². The molecule has 0 aromatic carbocycles. The fraction of sp³-hybridized carbons (Fsp3) is 0.364. The molecule has 92 valence electrons. The van der Waals surface area contributed by atoms with Crippen molar-refractivity contribution in [3.05, 3.63) is 23.2 Å². The van der Waals surface area contributed by atoms with Crippen molar-refractivity contribution >= 4 is 17.5 Å². The van der Waals surface area contributed by atoms with Gasteiger partial charge in [0.1, 0.15) is 10.8 Å². The van der Waals surface area contributed by atoms with Crippen molar-refractivity contribution in [2.75, 3.05) is 13.1 Å². The number of hydrogen-bond acceptors (Lipinski definition) is 5. The average Bonchev–Trinajstić information content (AvgIpc) is 2.39. The summed E-state index contributed by atoms with van der Waals surface area (Å²) in [5, 5.41) is 17.3. The van der Waals surface area contributed by atoms with E-state index in [2.05, 4.69) is 9.97 Å². The molecule has 0 bridgehead atoms. The number of halogens is 1. The molecule has 0 fully saturated rings. The van der Waals surface area contributed by atoms with Gasteiger partial charge in [-0.1, -0.05) is 11.6 Å². The second-order valence-corrected chi connectivity index (χ2v) is 3.72. The Morgan fingerprint density at radius 1 is 1.22 bits per heavy atom. The Hall–Kier alpha value is -2.18. The number of hydrogen-bond donors (Lipinski definition) is 0. The van der Waals surface area contributed by atoms with Gasteiger partial charge in [-0.3, -0.25) is 4.79 Å². The Bertz CT molecular complexity index is 470. The van der Waals surface area contributed by atoms with E-state index in [0.29, 0.717) is 0 Å². The maximum atomic E-state index is 12.0. The molecule has 1 aromatic rings. The second kappa shape index (κ2) is 7.21. The fourth-order valence-electron chi connectivity index (χ4n) is 1.27. The fourth-order valence-corrected chi connectivity index (χ4v) is 1.37. The summed E-state index contributed by atoms with van der Waals surface area (Å²) >= 11 is 5.58. The maximum absolute atomic E-state index is 12.0. The summed E-state index contributed by atoms with van der Waals surface area (Å²) in [6.07, 6.45) is 2.97. The smallest absolute Gasteiger partial charge is 0.274 e. The molecule has 0 aliphatic rings. The van der Waals surface area contributed by atoms with E-state index in [1.54, 1.807) is 0 Å². The number of aromatic nitrogens is 2. The second-order valence-electron chi connectivity index (χ2n) is 3.33. The third-order valence-corrected chi connectivity index (χ3v) is 2.31. The van der Waals surface area contributed by atoms with E-state index in [1.165, 1.54) is 17.3 Å². The van der Waals surface area contributed by atoms with E-state index >= 15 is 0 Å². The van der Waals surface area contributed by atoms with Crippen LogP contribution in [0.3, 0.4) is 0 Å². The highest BCUT2D eigenvalue weighted by Gasteiger charge is 2.16. The Morgan fingerprint density at radius 3 is 2.28 bits per heavy atom. The minimum Gasteiger partial charge on any atom is -0.335 e. The standard InChI is InChI=1S/C11H10ClN5O/c12-10-8-15-9(7-16-10)11(18)17(5-1-3-13)6-2-4-14/h7-8H,1-2,5-6H2. The summed E-state index contributed by atoms with van der Waals surface area (Å²) in [6, 6.07) is 3.91. The first kappa shape index (κ1) is 13.9. The summed E-state index contributed by atoms with van der Waals surface area (Å²) in [7, 11) is 0. The van der Waals surface area contributed by atoms with Crippen LogP contribution in [0.5, 0.6) is 0 Å². The highest BCUT2D eigenvalue weighted by atomic mass is 35.5. The molecule has 0 atom stereocenters. The monoisotopic (exact) mass is 263 g/mol. The molecule has 0 radical (unpaired) electrons. The Labute approximate surface area is 109 Å². The van der Waals surface area contributed by atoms with E-state index in [4.69, 9.17) is 22.1 Å². The first-order valence-electron chi connectivity index (χ1n) is 5.19.